The Labute approximate surface area is 211 Å². The van der Waals surface area contributed by atoms with Gasteiger partial charge in [-0.25, -0.2) is 4.99 Å². The van der Waals surface area contributed by atoms with E-state index in [1.165, 1.54) is 36.5 Å². The highest BCUT2D eigenvalue weighted by atomic mass is 32.2. The third-order valence-electron chi connectivity index (χ3n) is 5.54. The topological polar surface area (TPSA) is 92.9 Å². The Hall–Kier alpha value is -3.43. The molecule has 3 aromatic carbocycles. The summed E-state index contributed by atoms with van der Waals surface area (Å²) < 4.78 is 0. The average molecular weight is 506 g/mol. The van der Waals surface area contributed by atoms with Crippen LogP contribution in [-0.4, -0.2) is 38.5 Å². The number of ketones is 1. The molecule has 0 radical (unpaired) electrons. The summed E-state index contributed by atoms with van der Waals surface area (Å²) >= 11 is 2.76. The number of benzene rings is 3. The highest BCUT2D eigenvalue weighted by Gasteiger charge is 2.35. The second-order valence-electron chi connectivity index (χ2n) is 7.90. The van der Waals surface area contributed by atoms with Crippen LogP contribution in [0, 0.1) is 10.1 Å². The van der Waals surface area contributed by atoms with E-state index in [-0.39, 0.29) is 29.0 Å². The average Bonchev–Trinajstić information content (AvgIpc) is 3.27. The Morgan fingerprint density at radius 2 is 1.77 bits per heavy atom. The summed E-state index contributed by atoms with van der Waals surface area (Å²) in [7, 11) is 0. The molecule has 0 N–H and O–H groups in total. The summed E-state index contributed by atoms with van der Waals surface area (Å²) in [6, 6.07) is 20.8. The molecule has 9 heteroatoms. The van der Waals surface area contributed by atoms with E-state index in [4.69, 9.17) is 0 Å². The first-order valence-electron chi connectivity index (χ1n) is 11.0. The van der Waals surface area contributed by atoms with Gasteiger partial charge in [0.2, 0.25) is 0 Å². The van der Waals surface area contributed by atoms with E-state index >= 15 is 0 Å². The molecular formula is C26H23N3O4S2. The number of aliphatic imine (C=N–C) groups is 1. The lowest BCUT2D eigenvalue weighted by Gasteiger charge is -2.23. The van der Waals surface area contributed by atoms with Gasteiger partial charge in [0.25, 0.3) is 11.6 Å². The van der Waals surface area contributed by atoms with Gasteiger partial charge in [-0.15, -0.1) is 0 Å². The molecule has 3 aromatic rings. The van der Waals surface area contributed by atoms with Gasteiger partial charge in [0.1, 0.15) is 0 Å². The van der Waals surface area contributed by atoms with Gasteiger partial charge >= 0.3 is 0 Å². The van der Waals surface area contributed by atoms with Crippen molar-refractivity contribution in [3.63, 3.8) is 0 Å². The van der Waals surface area contributed by atoms with Gasteiger partial charge in [0.15, 0.2) is 11.0 Å². The van der Waals surface area contributed by atoms with Crippen LogP contribution in [0.5, 0.6) is 0 Å². The first kappa shape index (κ1) is 24.7. The molecule has 178 valence electrons. The molecule has 0 aromatic heterocycles. The third-order valence-corrected chi connectivity index (χ3v) is 7.71. The van der Waals surface area contributed by atoms with Crippen LogP contribution < -0.4 is 0 Å². The molecule has 1 fully saturated rings. The van der Waals surface area contributed by atoms with Crippen LogP contribution in [0.4, 0.5) is 11.4 Å². The highest BCUT2D eigenvalue weighted by Crippen LogP contribution is 2.36. The maximum atomic E-state index is 13.6. The number of nitrogens with zero attached hydrogens (tertiary/aromatic N) is 3. The number of hydrogen-bond donors (Lipinski definition) is 0. The van der Waals surface area contributed by atoms with E-state index in [1.807, 2.05) is 37.3 Å². The predicted octanol–water partition coefficient (Wildman–Crippen LogP) is 6.60. The highest BCUT2D eigenvalue weighted by molar-refractivity contribution is 8.14. The molecule has 1 atom stereocenters. The van der Waals surface area contributed by atoms with E-state index in [0.717, 1.165) is 11.3 Å². The number of Topliss-reactive ketones (excluding diaryl/α,β-unsaturated/α-hetero) is 1. The van der Waals surface area contributed by atoms with E-state index < -0.39 is 4.92 Å². The molecule has 7 nitrogen and oxygen atoms in total. The summed E-state index contributed by atoms with van der Waals surface area (Å²) in [6.45, 7) is 3.50. The Morgan fingerprint density at radius 1 is 1.09 bits per heavy atom. The van der Waals surface area contributed by atoms with E-state index in [0.29, 0.717) is 27.1 Å². The Kier molecular flexibility index (Phi) is 7.67. The van der Waals surface area contributed by atoms with Gasteiger partial charge in [0.05, 0.1) is 15.5 Å². The van der Waals surface area contributed by atoms with E-state index in [2.05, 4.69) is 4.99 Å². The van der Waals surface area contributed by atoms with Crippen molar-refractivity contribution in [2.24, 2.45) is 4.99 Å². The number of amidine groups is 1. The second kappa shape index (κ2) is 10.9. The lowest BCUT2D eigenvalue weighted by atomic mass is 10.1. The molecule has 0 bridgehead atoms. The number of carbonyl (C=O) groups excluding carboxylic acids is 2. The third kappa shape index (κ3) is 5.63. The minimum absolute atomic E-state index is 0.0298. The lowest BCUT2D eigenvalue weighted by molar-refractivity contribution is -0.387. The first-order chi connectivity index (χ1) is 16.9. The van der Waals surface area contributed by atoms with Gasteiger partial charge in [-0.1, -0.05) is 48.6 Å². The minimum Gasteiger partial charge on any atom is -0.295 e. The molecule has 4 rings (SSSR count). The molecule has 1 amide bonds. The number of amides is 1. The normalized spacial score (nSPS) is 16.5. The van der Waals surface area contributed by atoms with Gasteiger partial charge in [0, 0.05) is 33.9 Å². The number of thioether (sulfide) groups is 1. The van der Waals surface area contributed by atoms with Crippen LogP contribution in [0.1, 0.15) is 41.0 Å². The summed E-state index contributed by atoms with van der Waals surface area (Å²) in [6.07, 6.45) is 0.727. The Bertz CT molecular complexity index is 1290. The van der Waals surface area contributed by atoms with Crippen LogP contribution in [0.25, 0.3) is 0 Å². The SMILES string of the molecule is CCC1CSC(=Nc2ccc(C(C)=O)cc2)N1C(=O)c1ccc(Sc2ccccc2)c([N+](=O)[O-])c1. The number of hydrogen-bond acceptors (Lipinski definition) is 7. The summed E-state index contributed by atoms with van der Waals surface area (Å²) in [5, 5.41) is 12.4. The standard InChI is InChI=1S/C26H23N3O4S2/c1-3-21-16-34-26(27-20-12-9-18(10-13-20)17(2)30)28(21)25(31)19-11-14-24(23(15-19)29(32)33)35-22-7-5-4-6-8-22/h4-15,21H,3,16H2,1-2H3. The largest absolute Gasteiger partial charge is 0.295 e. The van der Waals surface area contributed by atoms with Crippen molar-refractivity contribution >= 4 is 51.8 Å². The molecule has 1 saturated heterocycles. The summed E-state index contributed by atoms with van der Waals surface area (Å²) in [4.78, 5) is 44.1. The lowest BCUT2D eigenvalue weighted by Crippen LogP contribution is -2.39. The van der Waals surface area contributed by atoms with Crippen LogP contribution in [-0.2, 0) is 0 Å². The van der Waals surface area contributed by atoms with E-state index in [9.17, 15) is 19.7 Å². The molecule has 0 saturated carbocycles. The van der Waals surface area contributed by atoms with Gasteiger partial charge in [-0.2, -0.15) is 0 Å². The maximum Gasteiger partial charge on any atom is 0.284 e. The van der Waals surface area contributed by atoms with Crippen LogP contribution in [0.3, 0.4) is 0 Å². The summed E-state index contributed by atoms with van der Waals surface area (Å²) in [5.41, 5.74) is 1.36. The number of nitro groups is 1. The zero-order valence-corrected chi connectivity index (χ0v) is 20.8. The van der Waals surface area contributed by atoms with Gasteiger partial charge < -0.3 is 0 Å². The van der Waals surface area contributed by atoms with Crippen LogP contribution in [0.15, 0.2) is 87.6 Å². The fraction of sp³-hybridized carbons (Fsp3) is 0.192. The van der Waals surface area contributed by atoms with Crippen molar-refractivity contribution < 1.29 is 14.5 Å². The van der Waals surface area contributed by atoms with E-state index in [1.54, 1.807) is 41.3 Å². The van der Waals surface area contributed by atoms with Crippen molar-refractivity contribution in [3.05, 3.63) is 94.0 Å². The monoisotopic (exact) mass is 505 g/mol. The zero-order valence-electron chi connectivity index (χ0n) is 19.2. The Balaban J connectivity index is 1.65. The van der Waals surface area contributed by atoms with Gasteiger partial charge in [-0.3, -0.25) is 24.6 Å². The second-order valence-corrected chi connectivity index (χ2v) is 10.0. The number of carbonyl (C=O) groups is 2. The molecular weight excluding hydrogens is 482 g/mol. The Morgan fingerprint density at radius 3 is 2.40 bits per heavy atom. The summed E-state index contributed by atoms with van der Waals surface area (Å²) in [5.74, 6) is 0.342. The van der Waals surface area contributed by atoms with Gasteiger partial charge in [-0.05, 0) is 61.9 Å². The molecule has 1 aliphatic rings. The number of rotatable bonds is 7. The molecule has 0 spiro atoms. The molecule has 0 aliphatic carbocycles. The molecule has 1 aliphatic heterocycles. The smallest absolute Gasteiger partial charge is 0.284 e. The van der Waals surface area contributed by atoms with Crippen molar-refractivity contribution in [3.8, 4) is 0 Å². The maximum absolute atomic E-state index is 13.6. The zero-order chi connectivity index (χ0) is 24.9. The van der Waals surface area contributed by atoms with Crippen LogP contribution >= 0.6 is 23.5 Å². The quantitative estimate of drug-likeness (QED) is 0.204. The molecule has 1 unspecified atom stereocenters. The molecule has 1 heterocycles. The van der Waals surface area contributed by atoms with Crippen molar-refractivity contribution in [1.29, 1.82) is 0 Å². The fourth-order valence-corrected chi connectivity index (χ4v) is 5.81. The number of nitro benzene ring substituents is 1. The van der Waals surface area contributed by atoms with Crippen molar-refractivity contribution in [2.45, 2.75) is 36.1 Å². The predicted molar refractivity (Wildman–Crippen MR) is 140 cm³/mol. The van der Waals surface area contributed by atoms with Crippen molar-refractivity contribution in [1.82, 2.24) is 4.90 Å². The molecule has 35 heavy (non-hydrogen) atoms. The first-order valence-corrected chi connectivity index (χ1v) is 12.8. The minimum atomic E-state index is -0.455. The van der Waals surface area contributed by atoms with Crippen LogP contribution in [0.2, 0.25) is 0 Å². The van der Waals surface area contributed by atoms with Crippen molar-refractivity contribution in [2.75, 3.05) is 5.75 Å². The fourth-order valence-electron chi connectivity index (χ4n) is 3.63.